The average molecular weight is 633 g/mol. The summed E-state index contributed by atoms with van der Waals surface area (Å²) in [7, 11) is -11.8. The Morgan fingerprint density at radius 1 is 1.15 bits per heavy atom. The van der Waals surface area contributed by atoms with Gasteiger partial charge >= 0.3 is 43.7 Å². The number of rotatable bonds is 9. The molecule has 2 saturated carbocycles. The van der Waals surface area contributed by atoms with Crippen molar-refractivity contribution in [3.63, 3.8) is 0 Å². The highest BCUT2D eigenvalue weighted by atomic mass is 127. The van der Waals surface area contributed by atoms with Gasteiger partial charge < -0.3 is 14.2 Å². The molecule has 0 aromatic rings. The van der Waals surface area contributed by atoms with Crippen LogP contribution in [-0.2, 0) is 53.1 Å². The van der Waals surface area contributed by atoms with Crippen LogP contribution in [0.3, 0.4) is 0 Å². The fraction of sp³-hybridized carbons (Fsp3) is 0.667. The first-order chi connectivity index (χ1) is 15.1. The predicted molar refractivity (Wildman–Crippen MR) is 105 cm³/mol. The van der Waals surface area contributed by atoms with E-state index < -0.39 is 86.2 Å². The molecule has 3 fully saturated rings. The van der Waals surface area contributed by atoms with Gasteiger partial charge in [-0.05, 0) is 29.0 Å². The Balaban J connectivity index is 1.70. The molecule has 18 heteroatoms. The number of alkyl halides is 3. The van der Waals surface area contributed by atoms with Gasteiger partial charge in [-0.2, -0.15) is 21.6 Å². The van der Waals surface area contributed by atoms with Crippen molar-refractivity contribution in [2.24, 2.45) is 23.7 Å². The largest absolute Gasteiger partial charge is 0.512 e. The van der Waals surface area contributed by atoms with Crippen LogP contribution in [0.15, 0.2) is 10.2 Å². The minimum atomic E-state index is -6.30. The summed E-state index contributed by atoms with van der Waals surface area (Å²) >= 11 is 1.62. The Morgan fingerprint density at radius 3 is 2.33 bits per heavy atom. The first kappa shape index (κ1) is 26.1. The van der Waals surface area contributed by atoms with E-state index in [0.29, 0.717) is 4.13 Å². The van der Waals surface area contributed by atoms with Crippen LogP contribution in [0, 0.1) is 23.7 Å². The van der Waals surface area contributed by atoms with E-state index >= 15 is 0 Å². The van der Waals surface area contributed by atoms with Crippen molar-refractivity contribution >= 4 is 60.8 Å². The molecule has 186 valence electrons. The van der Waals surface area contributed by atoms with Crippen molar-refractivity contribution < 1.29 is 62.8 Å². The topological polar surface area (TPSA) is 168 Å². The molecular formula is C15H15F3INO11S2. The summed E-state index contributed by atoms with van der Waals surface area (Å²) in [6.07, 6.45) is -2.76. The van der Waals surface area contributed by atoms with Crippen molar-refractivity contribution in [3.8, 4) is 0 Å². The van der Waals surface area contributed by atoms with E-state index in [1.807, 2.05) is 0 Å². The van der Waals surface area contributed by atoms with Gasteiger partial charge in [0.1, 0.15) is 25.4 Å². The number of carbonyl (C=O) groups excluding carboxylic acids is 3. The number of hydrogen-bond donors (Lipinski definition) is 1. The molecule has 0 aromatic carbocycles. The zero-order chi connectivity index (χ0) is 24.9. The Kier molecular flexibility index (Phi) is 7.06. The third-order valence-corrected chi connectivity index (χ3v) is 8.57. The second-order valence-electron chi connectivity index (χ2n) is 7.27. The Labute approximate surface area is 198 Å². The Bertz CT molecular complexity index is 1090. The maximum absolute atomic E-state index is 12.6. The molecule has 12 nitrogen and oxygen atoms in total. The molecule has 0 spiro atoms. The van der Waals surface area contributed by atoms with Gasteiger partial charge in [-0.25, -0.2) is 17.4 Å². The number of nitrogens with one attached hydrogen (secondary N) is 1. The molecule has 0 aromatic heterocycles. The Morgan fingerprint density at radius 2 is 1.76 bits per heavy atom. The lowest BCUT2D eigenvalue weighted by atomic mass is 9.78. The molecule has 1 saturated heterocycles. The molecule has 3 rings (SSSR count). The second-order valence-corrected chi connectivity index (χ2v) is 11.8. The monoisotopic (exact) mass is 633 g/mol. The third kappa shape index (κ3) is 5.13. The lowest BCUT2D eigenvalue weighted by Crippen LogP contribution is -2.47. The molecule has 6 atom stereocenters. The van der Waals surface area contributed by atoms with Gasteiger partial charge in [-0.15, -0.1) is 0 Å². The number of fused-ring (bicyclic) bond motifs is 1. The van der Waals surface area contributed by atoms with Gasteiger partial charge in [0.25, 0.3) is 0 Å². The summed E-state index contributed by atoms with van der Waals surface area (Å²) in [4.78, 5) is 36.1. The summed E-state index contributed by atoms with van der Waals surface area (Å²) in [5.41, 5.74) is -5.93. The van der Waals surface area contributed by atoms with E-state index in [9.17, 15) is 44.4 Å². The molecule has 1 aliphatic heterocycles. The van der Waals surface area contributed by atoms with Crippen LogP contribution in [-0.4, -0.2) is 65.7 Å². The molecule has 2 bridgehead atoms. The van der Waals surface area contributed by atoms with Gasteiger partial charge in [0.15, 0.2) is 0 Å². The second kappa shape index (κ2) is 8.93. The first-order valence-corrected chi connectivity index (χ1v) is 12.9. The first-order valence-electron chi connectivity index (χ1n) is 8.97. The summed E-state index contributed by atoms with van der Waals surface area (Å²) < 4.78 is 104. The number of sulfonamides is 1. The van der Waals surface area contributed by atoms with E-state index in [1.165, 1.54) is 0 Å². The highest BCUT2D eigenvalue weighted by molar-refractivity contribution is 14.1. The lowest BCUT2D eigenvalue weighted by molar-refractivity contribution is -0.159. The third-order valence-electron chi connectivity index (χ3n) is 5.35. The van der Waals surface area contributed by atoms with Gasteiger partial charge in [0, 0.05) is 11.8 Å². The van der Waals surface area contributed by atoms with E-state index in [-0.39, 0.29) is 16.6 Å². The van der Waals surface area contributed by atoms with Gasteiger partial charge in [-0.3, -0.25) is 9.59 Å². The summed E-state index contributed by atoms with van der Waals surface area (Å²) in [5, 5.41) is 0. The number of halogens is 4. The van der Waals surface area contributed by atoms with Crippen molar-refractivity contribution in [1.82, 2.24) is 4.13 Å². The maximum atomic E-state index is 12.6. The SMILES string of the molecule is C=C(I)C(=O)OCCOC(=O)C1C2CC3C(OC(=O)C31)C2OS(=O)(=O)NS(=O)(=O)C(F)(F)F. The van der Waals surface area contributed by atoms with Crippen LogP contribution in [0.25, 0.3) is 0 Å². The number of ether oxygens (including phenoxy) is 3. The van der Waals surface area contributed by atoms with Crippen LogP contribution in [0.4, 0.5) is 13.2 Å². The van der Waals surface area contributed by atoms with Crippen LogP contribution in [0.5, 0.6) is 0 Å². The molecule has 2 aliphatic carbocycles. The minimum absolute atomic E-state index is 0.0523. The highest BCUT2D eigenvalue weighted by Gasteiger charge is 2.70. The highest BCUT2D eigenvalue weighted by Crippen LogP contribution is 2.59. The maximum Gasteiger partial charge on any atom is 0.512 e. The summed E-state index contributed by atoms with van der Waals surface area (Å²) in [6.45, 7) is 2.61. The van der Waals surface area contributed by atoms with Crippen molar-refractivity contribution in [1.29, 1.82) is 0 Å². The fourth-order valence-electron chi connectivity index (χ4n) is 4.24. The molecule has 6 unspecified atom stereocenters. The Hall–Kier alpha value is -1.51. The van der Waals surface area contributed by atoms with Crippen LogP contribution >= 0.6 is 22.6 Å². The van der Waals surface area contributed by atoms with Crippen LogP contribution in [0.1, 0.15) is 6.42 Å². The number of hydrogen-bond acceptors (Lipinski definition) is 11. The fourth-order valence-corrected chi connectivity index (χ4v) is 6.55. The number of carbonyl (C=O) groups is 3. The van der Waals surface area contributed by atoms with Crippen LogP contribution < -0.4 is 4.13 Å². The molecule has 33 heavy (non-hydrogen) atoms. The number of esters is 3. The zero-order valence-corrected chi connectivity index (χ0v) is 19.9. The lowest BCUT2D eigenvalue weighted by Gasteiger charge is -2.29. The minimum Gasteiger partial charge on any atom is -0.462 e. The van der Waals surface area contributed by atoms with Crippen molar-refractivity contribution in [2.45, 2.75) is 24.1 Å². The molecule has 0 radical (unpaired) electrons. The quantitative estimate of drug-likeness (QED) is 0.118. The molecule has 1 N–H and O–H groups in total. The van der Waals surface area contributed by atoms with Crippen LogP contribution in [0.2, 0.25) is 0 Å². The molecular weight excluding hydrogens is 618 g/mol. The molecule has 0 amide bonds. The molecule has 1 heterocycles. The summed E-state index contributed by atoms with van der Waals surface area (Å²) in [5.74, 6) is -6.49. The van der Waals surface area contributed by atoms with E-state index in [1.54, 1.807) is 22.6 Å². The van der Waals surface area contributed by atoms with Crippen molar-refractivity contribution in [3.05, 3.63) is 10.2 Å². The summed E-state index contributed by atoms with van der Waals surface area (Å²) in [6, 6.07) is 0. The van der Waals surface area contributed by atoms with Crippen molar-refractivity contribution in [2.75, 3.05) is 13.2 Å². The van der Waals surface area contributed by atoms with Gasteiger partial charge in [0.05, 0.1) is 15.4 Å². The smallest absolute Gasteiger partial charge is 0.462 e. The normalized spacial score (nSPS) is 30.7. The average Bonchev–Trinajstić information content (AvgIpc) is 3.26. The van der Waals surface area contributed by atoms with Gasteiger partial charge in [-0.1, -0.05) is 10.7 Å². The molecule has 3 aliphatic rings. The standard InChI is InChI=1S/C15H15F3INO11S2/c1-5(19)12(21)28-2-3-29-13(22)8-7-4-6-9(8)14(23)30-10(6)11(7)31-33(26,27)20-32(24,25)15(16,17)18/h6-11,20H,1-4H2. The van der Waals surface area contributed by atoms with E-state index in [2.05, 4.69) is 10.8 Å². The predicted octanol–water partition coefficient (Wildman–Crippen LogP) is -0.102. The van der Waals surface area contributed by atoms with E-state index in [0.717, 1.165) is 0 Å². The van der Waals surface area contributed by atoms with Gasteiger partial charge in [0.2, 0.25) is 0 Å². The zero-order valence-electron chi connectivity index (χ0n) is 16.1. The van der Waals surface area contributed by atoms with E-state index in [4.69, 9.17) is 14.2 Å².